The molecule has 2 N–H and O–H groups in total. The molecule has 5 aromatic rings. The predicted molar refractivity (Wildman–Crippen MR) is 194 cm³/mol. The quantitative estimate of drug-likeness (QED) is 0.154. The van der Waals surface area contributed by atoms with E-state index >= 15 is 0 Å². The summed E-state index contributed by atoms with van der Waals surface area (Å²) < 4.78 is 0. The van der Waals surface area contributed by atoms with Crippen LogP contribution in [0.2, 0.25) is 0 Å². The van der Waals surface area contributed by atoms with Crippen molar-refractivity contribution in [2.24, 2.45) is 5.92 Å². The highest BCUT2D eigenvalue weighted by Crippen LogP contribution is 2.35. The highest BCUT2D eigenvalue weighted by Gasteiger charge is 2.21. The maximum Gasteiger partial charge on any atom is 0.336 e. The Hall–Kier alpha value is -5.22. The zero-order valence-corrected chi connectivity index (χ0v) is 27.9. The third kappa shape index (κ3) is 7.96. The van der Waals surface area contributed by atoms with Crippen LogP contribution < -0.4 is 5.32 Å². The van der Waals surface area contributed by atoms with Gasteiger partial charge in [-0.3, -0.25) is 4.79 Å². The second-order valence-electron chi connectivity index (χ2n) is 12.7. The smallest absolute Gasteiger partial charge is 0.336 e. The van der Waals surface area contributed by atoms with Gasteiger partial charge in [0.1, 0.15) is 0 Å². The first-order chi connectivity index (χ1) is 22.6. The van der Waals surface area contributed by atoms with Gasteiger partial charge in [-0.25, -0.2) is 4.79 Å². The molecule has 5 rings (SSSR count). The fourth-order valence-corrected chi connectivity index (χ4v) is 6.02. The molecule has 1 amide bonds. The van der Waals surface area contributed by atoms with Crippen LogP contribution in [0.15, 0.2) is 127 Å². The summed E-state index contributed by atoms with van der Waals surface area (Å²) in [6, 6.07) is 40.0. The Kier molecular flexibility index (Phi) is 10.5. The minimum atomic E-state index is -0.924. The van der Waals surface area contributed by atoms with E-state index in [4.69, 9.17) is 0 Å². The highest BCUT2D eigenvalue weighted by molar-refractivity contribution is 5.96. The molecule has 0 radical (unpaired) electrons. The van der Waals surface area contributed by atoms with Gasteiger partial charge in [0.2, 0.25) is 0 Å². The lowest BCUT2D eigenvalue weighted by Gasteiger charge is -2.25. The molecule has 238 valence electrons. The van der Waals surface area contributed by atoms with Crippen molar-refractivity contribution in [2.75, 3.05) is 0 Å². The fraction of sp³-hybridized carbons (Fsp3) is 0.209. The van der Waals surface area contributed by atoms with E-state index in [9.17, 15) is 14.7 Å². The summed E-state index contributed by atoms with van der Waals surface area (Å²) in [6.45, 7) is 11.4. The Morgan fingerprint density at radius 3 is 1.91 bits per heavy atom. The molecule has 0 spiro atoms. The number of carboxylic acids is 1. The molecule has 0 aromatic heterocycles. The van der Waals surface area contributed by atoms with Crippen molar-refractivity contribution in [3.63, 3.8) is 0 Å². The van der Waals surface area contributed by atoms with Crippen LogP contribution >= 0.6 is 0 Å². The summed E-state index contributed by atoms with van der Waals surface area (Å²) in [6.07, 6.45) is 0.876. The van der Waals surface area contributed by atoms with E-state index in [1.807, 2.05) is 54.6 Å². The van der Waals surface area contributed by atoms with Crippen molar-refractivity contribution >= 4 is 17.4 Å². The van der Waals surface area contributed by atoms with Gasteiger partial charge in [0.05, 0.1) is 5.56 Å². The number of aromatic carboxylic acids is 1. The van der Waals surface area contributed by atoms with E-state index in [0.717, 1.165) is 34.2 Å². The number of carbonyl (C=O) groups is 2. The number of carbonyl (C=O) groups excluding carboxylic acids is 1. The van der Waals surface area contributed by atoms with Crippen molar-refractivity contribution in [3.05, 3.63) is 160 Å². The average molecular weight is 622 g/mol. The molecular weight excluding hydrogens is 578 g/mol. The van der Waals surface area contributed by atoms with E-state index in [1.54, 1.807) is 12.1 Å². The van der Waals surface area contributed by atoms with Crippen LogP contribution in [0.25, 0.3) is 27.8 Å². The van der Waals surface area contributed by atoms with E-state index in [-0.39, 0.29) is 11.8 Å². The van der Waals surface area contributed by atoms with E-state index in [0.29, 0.717) is 23.6 Å². The lowest BCUT2D eigenvalue weighted by Crippen LogP contribution is -2.23. The predicted octanol–water partition coefficient (Wildman–Crippen LogP) is 10.4. The SMILES string of the molecule is CC(C)=C(C)c1cc(C(=O)NCc2ccc(-c3ccccc3)cc2)ccc1C(C)C(C)Cc1ccc(-c2ccccc2C(=O)O)cc1. The number of amides is 1. The molecule has 5 aromatic carbocycles. The molecule has 0 aliphatic carbocycles. The van der Waals surface area contributed by atoms with Crippen LogP contribution in [0, 0.1) is 5.92 Å². The third-order valence-corrected chi connectivity index (χ3v) is 9.31. The molecule has 4 nitrogen and oxygen atoms in total. The monoisotopic (exact) mass is 621 g/mol. The van der Waals surface area contributed by atoms with Crippen molar-refractivity contribution in [2.45, 2.75) is 53.5 Å². The Bertz CT molecular complexity index is 1880. The molecule has 0 fully saturated rings. The van der Waals surface area contributed by atoms with Gasteiger partial charge in [-0.1, -0.05) is 123 Å². The highest BCUT2D eigenvalue weighted by atomic mass is 16.4. The Balaban J connectivity index is 1.29. The van der Waals surface area contributed by atoms with Gasteiger partial charge in [-0.15, -0.1) is 0 Å². The standard InChI is InChI=1S/C43H43NO3/c1-28(2)30(4)41-26-37(42(45)44-27-33-17-19-35(20-18-33)34-11-7-6-8-12-34)23-24-38(41)31(5)29(3)25-32-15-21-36(22-16-32)39-13-9-10-14-40(39)43(46)47/h6-24,26,29,31H,25,27H2,1-5H3,(H,44,45)(H,46,47). The summed E-state index contributed by atoms with van der Waals surface area (Å²) in [7, 11) is 0. The number of nitrogens with one attached hydrogen (secondary N) is 1. The molecule has 2 unspecified atom stereocenters. The first kappa shape index (κ1) is 33.2. The second kappa shape index (κ2) is 14.9. The van der Waals surface area contributed by atoms with Gasteiger partial charge in [0.15, 0.2) is 0 Å². The Labute approximate surface area is 278 Å². The van der Waals surface area contributed by atoms with Gasteiger partial charge in [-0.2, -0.15) is 0 Å². The molecule has 0 bridgehead atoms. The molecule has 0 saturated carbocycles. The number of hydrogen-bond donors (Lipinski definition) is 2. The molecular formula is C43H43NO3. The Morgan fingerprint density at radius 2 is 1.26 bits per heavy atom. The number of benzene rings is 5. The zero-order chi connectivity index (χ0) is 33.5. The van der Waals surface area contributed by atoms with Gasteiger partial charge in [-0.05, 0) is 107 Å². The van der Waals surface area contributed by atoms with Crippen LogP contribution in [-0.2, 0) is 13.0 Å². The maximum absolute atomic E-state index is 13.3. The first-order valence-corrected chi connectivity index (χ1v) is 16.2. The van der Waals surface area contributed by atoms with Crippen molar-refractivity contribution in [1.29, 1.82) is 0 Å². The minimum Gasteiger partial charge on any atom is -0.478 e. The summed E-state index contributed by atoms with van der Waals surface area (Å²) in [5, 5.41) is 12.7. The summed E-state index contributed by atoms with van der Waals surface area (Å²) in [5.74, 6) is -0.440. The van der Waals surface area contributed by atoms with Crippen LogP contribution in [0.4, 0.5) is 0 Å². The lowest BCUT2D eigenvalue weighted by atomic mass is 9.80. The van der Waals surface area contributed by atoms with Gasteiger partial charge in [0.25, 0.3) is 5.91 Å². The minimum absolute atomic E-state index is 0.0863. The molecule has 47 heavy (non-hydrogen) atoms. The van der Waals surface area contributed by atoms with Gasteiger partial charge < -0.3 is 10.4 Å². The van der Waals surface area contributed by atoms with Crippen LogP contribution in [0.5, 0.6) is 0 Å². The maximum atomic E-state index is 13.3. The number of allylic oxidation sites excluding steroid dienone is 2. The average Bonchev–Trinajstić information content (AvgIpc) is 3.10. The molecule has 0 saturated heterocycles. The summed E-state index contributed by atoms with van der Waals surface area (Å²) in [4.78, 5) is 25.0. The topological polar surface area (TPSA) is 66.4 Å². The van der Waals surface area contributed by atoms with Crippen molar-refractivity contribution < 1.29 is 14.7 Å². The zero-order valence-electron chi connectivity index (χ0n) is 27.9. The molecule has 0 aliphatic rings. The van der Waals surface area contributed by atoms with Crippen LogP contribution in [0.1, 0.15) is 83.5 Å². The number of carboxylic acid groups (broad SMARTS) is 1. The molecule has 0 aliphatic heterocycles. The van der Waals surface area contributed by atoms with E-state index in [1.165, 1.54) is 27.8 Å². The van der Waals surface area contributed by atoms with Crippen molar-refractivity contribution in [1.82, 2.24) is 5.32 Å². The van der Waals surface area contributed by atoms with E-state index < -0.39 is 5.97 Å². The second-order valence-corrected chi connectivity index (χ2v) is 12.7. The Morgan fingerprint density at radius 1 is 0.660 bits per heavy atom. The largest absolute Gasteiger partial charge is 0.478 e. The fourth-order valence-electron chi connectivity index (χ4n) is 6.02. The molecule has 4 heteroatoms. The number of rotatable bonds is 11. The van der Waals surface area contributed by atoms with Gasteiger partial charge >= 0.3 is 5.97 Å². The third-order valence-electron chi connectivity index (χ3n) is 9.31. The van der Waals surface area contributed by atoms with Crippen LogP contribution in [0.3, 0.4) is 0 Å². The van der Waals surface area contributed by atoms with Crippen LogP contribution in [-0.4, -0.2) is 17.0 Å². The summed E-state index contributed by atoms with van der Waals surface area (Å²) >= 11 is 0. The molecule has 2 atom stereocenters. The van der Waals surface area contributed by atoms with Crippen molar-refractivity contribution in [3.8, 4) is 22.3 Å². The first-order valence-electron chi connectivity index (χ1n) is 16.2. The molecule has 0 heterocycles. The van der Waals surface area contributed by atoms with E-state index in [2.05, 4.69) is 94.5 Å². The van der Waals surface area contributed by atoms with Gasteiger partial charge in [0, 0.05) is 12.1 Å². The summed E-state index contributed by atoms with van der Waals surface area (Å²) in [5.41, 5.74) is 11.9. The lowest BCUT2D eigenvalue weighted by molar-refractivity contribution is 0.0697. The number of hydrogen-bond acceptors (Lipinski definition) is 2. The normalized spacial score (nSPS) is 12.2.